The van der Waals surface area contributed by atoms with Crippen molar-refractivity contribution in [1.82, 2.24) is 0 Å². The molecule has 0 atom stereocenters. The lowest BCUT2D eigenvalue weighted by atomic mass is 10.3. The van der Waals surface area contributed by atoms with Crippen LogP contribution < -0.4 is 9.47 Å². The van der Waals surface area contributed by atoms with E-state index in [9.17, 15) is 0 Å². The molecular weight excluding hydrogens is 264 g/mol. The lowest BCUT2D eigenvalue weighted by Crippen LogP contribution is -1.89. The number of nitrogens with zero attached hydrogens (tertiary/aromatic N) is 2. The first-order chi connectivity index (χ1) is 10.3. The van der Waals surface area contributed by atoms with Crippen LogP contribution in [-0.2, 0) is 0 Å². The summed E-state index contributed by atoms with van der Waals surface area (Å²) in [5, 5.41) is 0. The highest BCUT2D eigenvalue weighted by atomic mass is 16.5. The second-order valence-corrected chi connectivity index (χ2v) is 4.18. The van der Waals surface area contributed by atoms with Gasteiger partial charge in [0.05, 0.1) is 24.6 Å². The molecule has 0 bridgehead atoms. The van der Waals surface area contributed by atoms with Crippen LogP contribution in [0.3, 0.4) is 0 Å². The molecule has 0 spiro atoms. The van der Waals surface area contributed by atoms with Crippen molar-refractivity contribution in [2.75, 3.05) is 13.2 Å². The Labute approximate surface area is 124 Å². The summed E-state index contributed by atoms with van der Waals surface area (Å²) in [5.41, 5.74) is 1.57. The Balaban J connectivity index is 2.02. The quantitative estimate of drug-likeness (QED) is 0.725. The standard InChI is InChI=1S/C17H18N2O2/c1-3-20-16-9-5-14(6-10-16)18-13-19-15-7-11-17(12-8-15)21-4-2/h5-12H,3-4H2,1-2H3. The van der Waals surface area contributed by atoms with E-state index in [-0.39, 0.29) is 0 Å². The predicted molar refractivity (Wildman–Crippen MR) is 84.4 cm³/mol. The van der Waals surface area contributed by atoms with Crippen LogP contribution in [0.15, 0.2) is 58.5 Å². The van der Waals surface area contributed by atoms with Gasteiger partial charge in [-0.1, -0.05) is 0 Å². The highest BCUT2D eigenvalue weighted by molar-refractivity contribution is 5.58. The number of benzene rings is 2. The summed E-state index contributed by atoms with van der Waals surface area (Å²) in [7, 11) is 0. The minimum absolute atomic E-state index is 0.655. The number of hydrogen-bond donors (Lipinski definition) is 0. The molecule has 0 radical (unpaired) electrons. The Hall–Kier alpha value is -2.58. The number of rotatable bonds is 6. The normalized spacial score (nSPS) is 9.62. The van der Waals surface area contributed by atoms with Gasteiger partial charge in [0.15, 0.2) is 0 Å². The third kappa shape index (κ3) is 4.79. The van der Waals surface area contributed by atoms with Crippen molar-refractivity contribution in [2.45, 2.75) is 13.8 Å². The zero-order chi connectivity index (χ0) is 14.9. The molecule has 21 heavy (non-hydrogen) atoms. The Morgan fingerprint density at radius 3 is 1.43 bits per heavy atom. The van der Waals surface area contributed by atoms with Gasteiger partial charge in [-0.25, -0.2) is 0 Å². The molecule has 4 heteroatoms. The molecule has 108 valence electrons. The molecule has 2 aromatic carbocycles. The molecule has 0 aliphatic heterocycles. The van der Waals surface area contributed by atoms with Crippen LogP contribution in [0, 0.1) is 0 Å². The SMILES string of the molecule is CCOc1ccc(N=C=Nc2ccc(OCC)cc2)cc1. The molecule has 0 aliphatic carbocycles. The van der Waals surface area contributed by atoms with E-state index in [1.165, 1.54) is 0 Å². The van der Waals surface area contributed by atoms with E-state index < -0.39 is 0 Å². The highest BCUT2D eigenvalue weighted by Gasteiger charge is 1.93. The second-order valence-electron chi connectivity index (χ2n) is 4.18. The van der Waals surface area contributed by atoms with Crippen molar-refractivity contribution in [3.63, 3.8) is 0 Å². The van der Waals surface area contributed by atoms with Gasteiger partial charge in [0.1, 0.15) is 17.5 Å². The van der Waals surface area contributed by atoms with Crippen molar-refractivity contribution in [1.29, 1.82) is 0 Å². The zero-order valence-corrected chi connectivity index (χ0v) is 12.2. The molecule has 0 fully saturated rings. The van der Waals surface area contributed by atoms with Crippen molar-refractivity contribution in [3.05, 3.63) is 48.5 Å². The van der Waals surface area contributed by atoms with Gasteiger partial charge in [-0.3, -0.25) is 0 Å². The molecule has 2 aromatic rings. The number of ether oxygens (including phenoxy) is 2. The molecule has 0 amide bonds. The minimum atomic E-state index is 0.655. The summed E-state index contributed by atoms with van der Waals surface area (Å²) in [5.74, 6) is 1.67. The van der Waals surface area contributed by atoms with Crippen LogP contribution >= 0.6 is 0 Å². The first-order valence-corrected chi connectivity index (χ1v) is 6.94. The fourth-order valence-electron chi connectivity index (χ4n) is 1.71. The van der Waals surface area contributed by atoms with E-state index in [4.69, 9.17) is 9.47 Å². The largest absolute Gasteiger partial charge is 0.494 e. The molecule has 2 rings (SSSR count). The van der Waals surface area contributed by atoms with Crippen LogP contribution in [0.2, 0.25) is 0 Å². The summed E-state index contributed by atoms with van der Waals surface area (Å²) in [6, 6.07) is 17.7. The van der Waals surface area contributed by atoms with Gasteiger partial charge in [0.25, 0.3) is 0 Å². The third-order valence-electron chi connectivity index (χ3n) is 2.65. The van der Waals surface area contributed by atoms with E-state index >= 15 is 0 Å². The first kappa shape index (κ1) is 14.8. The Morgan fingerprint density at radius 1 is 0.714 bits per heavy atom. The van der Waals surface area contributed by atoms with Crippen LogP contribution in [0.25, 0.3) is 0 Å². The number of hydrogen-bond acceptors (Lipinski definition) is 4. The van der Waals surface area contributed by atoms with Gasteiger partial charge in [-0.05, 0) is 62.4 Å². The van der Waals surface area contributed by atoms with Gasteiger partial charge in [-0.15, -0.1) is 0 Å². The van der Waals surface area contributed by atoms with E-state index in [1.807, 2.05) is 62.4 Å². The Kier molecular flexibility index (Phi) is 5.56. The summed E-state index contributed by atoms with van der Waals surface area (Å²) >= 11 is 0. The smallest absolute Gasteiger partial charge is 0.119 e. The van der Waals surface area contributed by atoms with Gasteiger partial charge >= 0.3 is 0 Å². The molecule has 0 saturated carbocycles. The molecule has 0 aliphatic rings. The summed E-state index contributed by atoms with van der Waals surface area (Å²) in [6.45, 7) is 5.22. The summed E-state index contributed by atoms with van der Waals surface area (Å²) in [6.07, 6.45) is 0. The van der Waals surface area contributed by atoms with Crippen LogP contribution in [-0.4, -0.2) is 19.2 Å². The lowest BCUT2D eigenvalue weighted by molar-refractivity contribution is 0.340. The van der Waals surface area contributed by atoms with Crippen molar-refractivity contribution in [2.24, 2.45) is 9.98 Å². The molecular formula is C17H18N2O2. The van der Waals surface area contributed by atoms with Gasteiger partial charge in [0.2, 0.25) is 0 Å². The first-order valence-electron chi connectivity index (χ1n) is 6.94. The topological polar surface area (TPSA) is 43.2 Å². The molecule has 0 saturated heterocycles. The summed E-state index contributed by atoms with van der Waals surface area (Å²) in [4.78, 5) is 8.32. The Morgan fingerprint density at radius 2 is 1.10 bits per heavy atom. The average Bonchev–Trinajstić information content (AvgIpc) is 2.51. The van der Waals surface area contributed by atoms with Crippen molar-refractivity contribution in [3.8, 4) is 11.5 Å². The molecule has 4 nitrogen and oxygen atoms in total. The summed E-state index contributed by atoms with van der Waals surface area (Å²) < 4.78 is 10.7. The molecule has 0 aromatic heterocycles. The Bertz CT molecular complexity index is 559. The highest BCUT2D eigenvalue weighted by Crippen LogP contribution is 2.19. The maximum Gasteiger partial charge on any atom is 0.119 e. The van der Waals surface area contributed by atoms with Crippen LogP contribution in [0.1, 0.15) is 13.8 Å². The van der Waals surface area contributed by atoms with E-state index in [0.29, 0.717) is 13.2 Å². The fraction of sp³-hybridized carbons (Fsp3) is 0.235. The van der Waals surface area contributed by atoms with Crippen molar-refractivity contribution < 1.29 is 9.47 Å². The fourth-order valence-corrected chi connectivity index (χ4v) is 1.71. The maximum absolute atomic E-state index is 5.37. The molecule has 0 N–H and O–H groups in total. The monoisotopic (exact) mass is 282 g/mol. The average molecular weight is 282 g/mol. The van der Waals surface area contributed by atoms with E-state index in [1.54, 1.807) is 0 Å². The van der Waals surface area contributed by atoms with Crippen LogP contribution in [0.5, 0.6) is 11.5 Å². The predicted octanol–water partition coefficient (Wildman–Crippen LogP) is 4.62. The van der Waals surface area contributed by atoms with Crippen molar-refractivity contribution >= 4 is 17.4 Å². The van der Waals surface area contributed by atoms with Crippen LogP contribution in [0.4, 0.5) is 11.4 Å². The number of aliphatic imine (C=N–C) groups is 2. The van der Waals surface area contributed by atoms with E-state index in [0.717, 1.165) is 22.9 Å². The lowest BCUT2D eigenvalue weighted by Gasteiger charge is -2.01. The maximum atomic E-state index is 5.37. The van der Waals surface area contributed by atoms with Gasteiger partial charge in [0, 0.05) is 0 Å². The zero-order valence-electron chi connectivity index (χ0n) is 12.2. The van der Waals surface area contributed by atoms with Gasteiger partial charge in [-0.2, -0.15) is 9.98 Å². The molecule has 0 unspecified atom stereocenters. The second kappa shape index (κ2) is 7.88. The van der Waals surface area contributed by atoms with Gasteiger partial charge < -0.3 is 9.47 Å². The third-order valence-corrected chi connectivity index (χ3v) is 2.65. The minimum Gasteiger partial charge on any atom is -0.494 e. The van der Waals surface area contributed by atoms with E-state index in [2.05, 4.69) is 16.0 Å². The molecule has 0 heterocycles.